The molecule has 0 aliphatic carbocycles. The predicted molar refractivity (Wildman–Crippen MR) is 125 cm³/mol. The van der Waals surface area contributed by atoms with Gasteiger partial charge >= 0.3 is 0 Å². The van der Waals surface area contributed by atoms with Crippen molar-refractivity contribution in [3.05, 3.63) is 53.1 Å². The third kappa shape index (κ3) is 5.46. The number of benzene rings is 2. The van der Waals surface area contributed by atoms with Gasteiger partial charge in [0.15, 0.2) is 11.5 Å². The van der Waals surface area contributed by atoms with Gasteiger partial charge in [0.2, 0.25) is 5.91 Å². The van der Waals surface area contributed by atoms with Crippen LogP contribution in [0.5, 0.6) is 11.5 Å². The molecule has 2 aromatic rings. The van der Waals surface area contributed by atoms with Crippen molar-refractivity contribution in [3.63, 3.8) is 0 Å². The number of methoxy groups -OCH3 is 1. The van der Waals surface area contributed by atoms with E-state index in [0.29, 0.717) is 56.3 Å². The van der Waals surface area contributed by atoms with E-state index in [4.69, 9.17) is 14.2 Å². The Kier molecular flexibility index (Phi) is 7.47. The fraction of sp³-hybridized carbons (Fsp3) is 0.440. The molecule has 0 spiro atoms. The molecule has 1 atom stereocenters. The summed E-state index contributed by atoms with van der Waals surface area (Å²) in [5.74, 6) is 1.26. The normalized spacial score (nSPS) is 17.0. The summed E-state index contributed by atoms with van der Waals surface area (Å²) >= 11 is 0. The van der Waals surface area contributed by atoms with Crippen molar-refractivity contribution < 1.29 is 23.8 Å². The first kappa shape index (κ1) is 23.1. The number of fused-ring (bicyclic) bond motifs is 1. The Morgan fingerprint density at radius 3 is 2.73 bits per heavy atom. The molecular formula is C25H31N3O5. The van der Waals surface area contributed by atoms with Gasteiger partial charge in [-0.25, -0.2) is 0 Å². The van der Waals surface area contributed by atoms with Crippen LogP contribution in [0.4, 0.5) is 5.69 Å². The maximum absolute atomic E-state index is 13.0. The van der Waals surface area contributed by atoms with Crippen LogP contribution in [-0.2, 0) is 16.0 Å². The van der Waals surface area contributed by atoms with Crippen LogP contribution >= 0.6 is 0 Å². The van der Waals surface area contributed by atoms with Crippen LogP contribution in [0.2, 0.25) is 0 Å². The van der Waals surface area contributed by atoms with Gasteiger partial charge in [0, 0.05) is 37.3 Å². The van der Waals surface area contributed by atoms with Crippen LogP contribution in [0.25, 0.3) is 0 Å². The molecule has 33 heavy (non-hydrogen) atoms. The number of hydrogen-bond acceptors (Lipinski definition) is 6. The maximum atomic E-state index is 13.0. The highest BCUT2D eigenvalue weighted by molar-refractivity contribution is 5.97. The van der Waals surface area contributed by atoms with Gasteiger partial charge in [-0.3, -0.25) is 14.5 Å². The van der Waals surface area contributed by atoms with Crippen molar-refractivity contribution in [2.45, 2.75) is 25.8 Å². The van der Waals surface area contributed by atoms with E-state index < -0.39 is 0 Å². The molecule has 2 aromatic carbocycles. The maximum Gasteiger partial charge on any atom is 0.251 e. The van der Waals surface area contributed by atoms with Crippen molar-refractivity contribution in [2.75, 3.05) is 51.9 Å². The third-order valence-corrected chi connectivity index (χ3v) is 6.08. The molecule has 0 radical (unpaired) electrons. The van der Waals surface area contributed by atoms with Gasteiger partial charge in [0.05, 0.1) is 33.0 Å². The summed E-state index contributed by atoms with van der Waals surface area (Å²) in [5.41, 5.74) is 3.42. The molecule has 0 bridgehead atoms. The first-order valence-electron chi connectivity index (χ1n) is 11.4. The number of carbonyl (C=O) groups is 2. The number of nitrogens with one attached hydrogen (secondary N) is 2. The molecule has 8 nitrogen and oxygen atoms in total. The minimum absolute atomic E-state index is 0.0128. The highest BCUT2D eigenvalue weighted by Gasteiger charge is 2.25. The van der Waals surface area contributed by atoms with E-state index >= 15 is 0 Å². The third-order valence-electron chi connectivity index (χ3n) is 6.08. The SMILES string of the molecule is CCOc1ccc(C(CNC(=O)c2ccc3c(c2)CCC(=O)N3)N2CCOCC2)cc1OC. The van der Waals surface area contributed by atoms with Crippen molar-refractivity contribution in [3.8, 4) is 11.5 Å². The van der Waals surface area contributed by atoms with Gasteiger partial charge in [-0.1, -0.05) is 6.07 Å². The molecule has 0 aromatic heterocycles. The number of hydrogen-bond donors (Lipinski definition) is 2. The van der Waals surface area contributed by atoms with E-state index in [1.165, 1.54) is 0 Å². The summed E-state index contributed by atoms with van der Waals surface area (Å²) in [7, 11) is 1.63. The monoisotopic (exact) mass is 453 g/mol. The Morgan fingerprint density at radius 2 is 1.97 bits per heavy atom. The largest absolute Gasteiger partial charge is 0.493 e. The molecule has 8 heteroatoms. The minimum Gasteiger partial charge on any atom is -0.493 e. The summed E-state index contributed by atoms with van der Waals surface area (Å²) in [6.45, 7) is 5.84. The fourth-order valence-electron chi connectivity index (χ4n) is 4.33. The van der Waals surface area contributed by atoms with Crippen LogP contribution < -0.4 is 20.1 Å². The number of aryl methyl sites for hydroxylation is 1. The molecular weight excluding hydrogens is 422 g/mol. The summed E-state index contributed by atoms with van der Waals surface area (Å²) in [5, 5.41) is 5.96. The van der Waals surface area contributed by atoms with Gasteiger partial charge in [-0.15, -0.1) is 0 Å². The first-order chi connectivity index (χ1) is 16.1. The first-order valence-corrected chi connectivity index (χ1v) is 11.4. The molecule has 2 heterocycles. The average Bonchev–Trinajstić information content (AvgIpc) is 2.85. The molecule has 1 saturated heterocycles. The lowest BCUT2D eigenvalue weighted by atomic mass is 10.00. The molecule has 4 rings (SSSR count). The number of nitrogens with zero attached hydrogens (tertiary/aromatic N) is 1. The van der Waals surface area contributed by atoms with Crippen molar-refractivity contribution in [1.82, 2.24) is 10.2 Å². The van der Waals surface area contributed by atoms with Crippen LogP contribution in [-0.4, -0.2) is 63.3 Å². The van der Waals surface area contributed by atoms with Crippen molar-refractivity contribution >= 4 is 17.5 Å². The Balaban J connectivity index is 1.51. The quantitative estimate of drug-likeness (QED) is 0.639. The zero-order valence-corrected chi connectivity index (χ0v) is 19.2. The number of anilines is 1. The van der Waals surface area contributed by atoms with Crippen LogP contribution in [0.3, 0.4) is 0 Å². The van der Waals surface area contributed by atoms with E-state index in [9.17, 15) is 9.59 Å². The van der Waals surface area contributed by atoms with Crippen molar-refractivity contribution in [2.24, 2.45) is 0 Å². The van der Waals surface area contributed by atoms with E-state index in [2.05, 4.69) is 15.5 Å². The van der Waals surface area contributed by atoms with Gasteiger partial charge in [0.25, 0.3) is 5.91 Å². The lowest BCUT2D eigenvalue weighted by molar-refractivity contribution is -0.116. The van der Waals surface area contributed by atoms with Crippen molar-refractivity contribution in [1.29, 1.82) is 0 Å². The minimum atomic E-state index is -0.133. The molecule has 2 aliphatic heterocycles. The standard InChI is InChI=1S/C25H31N3O5/c1-3-33-22-8-5-18(15-23(22)31-2)21(28-10-12-32-13-11-28)16-26-25(30)19-4-7-20-17(14-19)6-9-24(29)27-20/h4-5,7-8,14-15,21H,3,6,9-13,16H2,1-2H3,(H,26,30)(H,27,29). The topological polar surface area (TPSA) is 89.1 Å². The van der Waals surface area contributed by atoms with E-state index in [1.807, 2.05) is 31.2 Å². The smallest absolute Gasteiger partial charge is 0.251 e. The number of ether oxygens (including phenoxy) is 3. The van der Waals surface area contributed by atoms with Crippen LogP contribution in [0, 0.1) is 0 Å². The highest BCUT2D eigenvalue weighted by Crippen LogP contribution is 2.32. The van der Waals surface area contributed by atoms with Gasteiger partial charge in [-0.05, 0) is 54.8 Å². The summed E-state index contributed by atoms with van der Waals surface area (Å²) in [4.78, 5) is 26.9. The van der Waals surface area contributed by atoms with Crippen LogP contribution in [0.1, 0.15) is 40.9 Å². The lowest BCUT2D eigenvalue weighted by Gasteiger charge is -2.35. The zero-order valence-electron chi connectivity index (χ0n) is 19.2. The summed E-state index contributed by atoms with van der Waals surface area (Å²) in [6, 6.07) is 11.3. The molecule has 1 fully saturated rings. The Morgan fingerprint density at radius 1 is 1.15 bits per heavy atom. The van der Waals surface area contributed by atoms with E-state index in [1.54, 1.807) is 19.2 Å². The van der Waals surface area contributed by atoms with Gasteiger partial charge < -0.3 is 24.8 Å². The number of rotatable bonds is 8. The molecule has 2 aliphatic rings. The van der Waals surface area contributed by atoms with Crippen LogP contribution in [0.15, 0.2) is 36.4 Å². The number of amides is 2. The second-order valence-electron chi connectivity index (χ2n) is 8.14. The molecule has 2 amide bonds. The lowest BCUT2D eigenvalue weighted by Crippen LogP contribution is -2.43. The fourth-order valence-corrected chi connectivity index (χ4v) is 4.33. The summed E-state index contributed by atoms with van der Waals surface area (Å²) < 4.78 is 16.7. The second-order valence-corrected chi connectivity index (χ2v) is 8.14. The molecule has 1 unspecified atom stereocenters. The number of carbonyl (C=O) groups excluding carboxylic acids is 2. The Bertz CT molecular complexity index is 1000. The number of morpholine rings is 1. The second kappa shape index (κ2) is 10.7. The molecule has 2 N–H and O–H groups in total. The van der Waals surface area contributed by atoms with E-state index in [-0.39, 0.29) is 17.9 Å². The summed E-state index contributed by atoms with van der Waals surface area (Å²) in [6.07, 6.45) is 1.08. The predicted octanol–water partition coefficient (Wildman–Crippen LogP) is 2.78. The average molecular weight is 454 g/mol. The Hall–Kier alpha value is -3.10. The Labute approximate surface area is 194 Å². The molecule has 0 saturated carbocycles. The van der Waals surface area contributed by atoms with E-state index in [0.717, 1.165) is 29.9 Å². The highest BCUT2D eigenvalue weighted by atomic mass is 16.5. The molecule has 176 valence electrons. The van der Waals surface area contributed by atoms with Gasteiger partial charge in [0.1, 0.15) is 0 Å². The zero-order chi connectivity index (χ0) is 23.2. The van der Waals surface area contributed by atoms with Gasteiger partial charge in [-0.2, -0.15) is 0 Å².